The molecular weight excluding hydrogens is 280 g/mol. The van der Waals surface area contributed by atoms with Crippen LogP contribution < -0.4 is 0 Å². The van der Waals surface area contributed by atoms with Gasteiger partial charge in [0.05, 0.1) is 10.4 Å². The number of fused-ring (bicyclic) bond motifs is 1. The number of hydrogen-bond acceptors (Lipinski definition) is 4. The van der Waals surface area contributed by atoms with Crippen molar-refractivity contribution in [3.05, 3.63) is 40.4 Å². The minimum atomic E-state index is 0.162. The molecule has 0 radical (unpaired) electrons. The second-order valence-corrected chi connectivity index (χ2v) is 5.69. The summed E-state index contributed by atoms with van der Waals surface area (Å²) in [5.41, 5.74) is 0.735. The molecule has 5 heteroatoms. The van der Waals surface area contributed by atoms with Crippen LogP contribution in [0.4, 0.5) is 0 Å². The molecule has 0 aliphatic heterocycles. The van der Waals surface area contributed by atoms with E-state index in [-0.39, 0.29) is 5.75 Å². The lowest BCUT2D eigenvalue weighted by Crippen LogP contribution is -1.89. The normalized spacial score (nSPS) is 11.1. The van der Waals surface area contributed by atoms with Gasteiger partial charge in [-0.1, -0.05) is 18.5 Å². The highest BCUT2D eigenvalue weighted by atomic mass is 35.5. The molecule has 2 aromatic heterocycles. The highest BCUT2D eigenvalue weighted by molar-refractivity contribution is 7.15. The number of aromatic nitrogens is 2. The van der Waals surface area contributed by atoms with Crippen molar-refractivity contribution in [1.29, 1.82) is 0 Å². The molecule has 0 aliphatic carbocycles. The number of aryl methyl sites for hydroxylation is 1. The maximum atomic E-state index is 9.46. The van der Waals surface area contributed by atoms with Crippen LogP contribution in [0, 0.1) is 0 Å². The van der Waals surface area contributed by atoms with Gasteiger partial charge >= 0.3 is 0 Å². The van der Waals surface area contributed by atoms with Gasteiger partial charge in [0, 0.05) is 10.3 Å². The predicted molar refractivity (Wildman–Crippen MR) is 78.9 cm³/mol. The Morgan fingerprint density at radius 1 is 1.21 bits per heavy atom. The Labute approximate surface area is 119 Å². The molecule has 0 amide bonds. The zero-order chi connectivity index (χ0) is 13.4. The third-order valence-electron chi connectivity index (χ3n) is 2.86. The number of thiophene rings is 1. The number of hydrogen-bond donors (Lipinski definition) is 1. The number of benzene rings is 1. The molecule has 0 saturated carbocycles. The van der Waals surface area contributed by atoms with Crippen molar-refractivity contribution < 1.29 is 5.11 Å². The minimum Gasteiger partial charge on any atom is -0.508 e. The van der Waals surface area contributed by atoms with Gasteiger partial charge in [0.1, 0.15) is 10.9 Å². The zero-order valence-electron chi connectivity index (χ0n) is 10.2. The van der Waals surface area contributed by atoms with E-state index in [1.807, 2.05) is 6.07 Å². The first kappa shape index (κ1) is 12.4. The lowest BCUT2D eigenvalue weighted by atomic mass is 10.2. The summed E-state index contributed by atoms with van der Waals surface area (Å²) >= 11 is 7.84. The van der Waals surface area contributed by atoms with Gasteiger partial charge in [-0.15, -0.1) is 11.3 Å². The van der Waals surface area contributed by atoms with Crippen LogP contribution in [0.15, 0.2) is 30.3 Å². The van der Waals surface area contributed by atoms with Gasteiger partial charge in [-0.2, -0.15) is 0 Å². The van der Waals surface area contributed by atoms with Gasteiger partial charge < -0.3 is 5.11 Å². The van der Waals surface area contributed by atoms with E-state index in [0.29, 0.717) is 16.4 Å². The number of halogens is 1. The molecule has 3 aromatic rings. The molecule has 0 fully saturated rings. The van der Waals surface area contributed by atoms with Crippen LogP contribution in [-0.2, 0) is 6.42 Å². The molecule has 19 heavy (non-hydrogen) atoms. The fraction of sp³-hybridized carbons (Fsp3) is 0.143. The Bertz CT molecular complexity index is 754. The fourth-order valence-electron chi connectivity index (χ4n) is 1.88. The highest BCUT2D eigenvalue weighted by Crippen LogP contribution is 2.30. The number of phenols is 1. The molecule has 0 atom stereocenters. The van der Waals surface area contributed by atoms with Crippen molar-refractivity contribution in [2.24, 2.45) is 0 Å². The third kappa shape index (κ3) is 2.29. The van der Waals surface area contributed by atoms with E-state index in [0.717, 1.165) is 16.8 Å². The molecule has 96 valence electrons. The molecular formula is C14H11ClN2OS. The van der Waals surface area contributed by atoms with E-state index >= 15 is 0 Å². The Hall–Kier alpha value is -1.65. The first-order valence-corrected chi connectivity index (χ1v) is 7.12. The molecule has 0 bridgehead atoms. The number of rotatable bonds is 2. The topological polar surface area (TPSA) is 46.0 Å². The van der Waals surface area contributed by atoms with Gasteiger partial charge in [-0.3, -0.25) is 0 Å². The van der Waals surface area contributed by atoms with E-state index < -0.39 is 0 Å². The van der Waals surface area contributed by atoms with Crippen LogP contribution in [-0.4, -0.2) is 15.1 Å². The number of nitrogens with zero attached hydrogens (tertiary/aromatic N) is 2. The van der Waals surface area contributed by atoms with Gasteiger partial charge in [-0.25, -0.2) is 9.97 Å². The lowest BCUT2D eigenvalue weighted by molar-refractivity contribution is 0.476. The number of phenolic OH excluding ortho intramolecular Hbond substituents is 1. The average molecular weight is 291 g/mol. The standard InChI is InChI=1S/C14H11ClN2OS/c1-2-9-4-6-12(19-9)14-16-11-5-3-8(18)7-10(11)13(15)17-14/h3-7,18H,2H2,1H3. The monoisotopic (exact) mass is 290 g/mol. The average Bonchev–Trinajstić information content (AvgIpc) is 2.88. The van der Waals surface area contributed by atoms with Gasteiger partial charge in [-0.05, 0) is 36.8 Å². The van der Waals surface area contributed by atoms with Crippen molar-refractivity contribution in [2.45, 2.75) is 13.3 Å². The zero-order valence-corrected chi connectivity index (χ0v) is 11.8. The van der Waals surface area contributed by atoms with Crippen molar-refractivity contribution >= 4 is 33.8 Å². The molecule has 1 N–H and O–H groups in total. The molecule has 1 aromatic carbocycles. The Morgan fingerprint density at radius 3 is 2.79 bits per heavy atom. The van der Waals surface area contributed by atoms with Crippen molar-refractivity contribution in [2.75, 3.05) is 0 Å². The Balaban J connectivity index is 2.17. The fourth-order valence-corrected chi connectivity index (χ4v) is 2.99. The first-order chi connectivity index (χ1) is 9.17. The highest BCUT2D eigenvalue weighted by Gasteiger charge is 2.10. The van der Waals surface area contributed by atoms with Crippen LogP contribution in [0.1, 0.15) is 11.8 Å². The first-order valence-electron chi connectivity index (χ1n) is 5.92. The third-order valence-corrected chi connectivity index (χ3v) is 4.38. The SMILES string of the molecule is CCc1ccc(-c2nc(Cl)c3cc(O)ccc3n2)s1. The van der Waals surface area contributed by atoms with E-state index in [1.165, 1.54) is 4.88 Å². The maximum absolute atomic E-state index is 9.46. The number of aromatic hydroxyl groups is 1. The Morgan fingerprint density at radius 2 is 2.05 bits per heavy atom. The van der Waals surface area contributed by atoms with E-state index in [4.69, 9.17) is 11.6 Å². The molecule has 3 nitrogen and oxygen atoms in total. The summed E-state index contributed by atoms with van der Waals surface area (Å²) in [6.07, 6.45) is 1.000. The summed E-state index contributed by atoms with van der Waals surface area (Å²) in [6, 6.07) is 9.02. The van der Waals surface area contributed by atoms with Crippen LogP contribution in [0.5, 0.6) is 5.75 Å². The van der Waals surface area contributed by atoms with E-state index in [2.05, 4.69) is 23.0 Å². The summed E-state index contributed by atoms with van der Waals surface area (Å²) in [5.74, 6) is 0.794. The second kappa shape index (κ2) is 4.79. The lowest BCUT2D eigenvalue weighted by Gasteiger charge is -2.03. The van der Waals surface area contributed by atoms with Crippen LogP contribution in [0.25, 0.3) is 21.6 Å². The molecule has 0 unspecified atom stereocenters. The smallest absolute Gasteiger partial charge is 0.171 e. The molecule has 3 rings (SSSR count). The summed E-state index contributed by atoms with van der Waals surface area (Å²) in [6.45, 7) is 2.12. The van der Waals surface area contributed by atoms with Crippen LogP contribution >= 0.6 is 22.9 Å². The van der Waals surface area contributed by atoms with Crippen molar-refractivity contribution in [1.82, 2.24) is 9.97 Å². The predicted octanol–water partition coefficient (Wildman–Crippen LogP) is 4.28. The summed E-state index contributed by atoms with van der Waals surface area (Å²) < 4.78 is 0. The minimum absolute atomic E-state index is 0.162. The largest absolute Gasteiger partial charge is 0.508 e. The summed E-state index contributed by atoms with van der Waals surface area (Å²) in [4.78, 5) is 11.1. The summed E-state index contributed by atoms with van der Waals surface area (Å²) in [5, 5.41) is 10.5. The van der Waals surface area contributed by atoms with Gasteiger partial charge in [0.15, 0.2) is 5.82 Å². The molecule has 2 heterocycles. The Kier molecular flexibility index (Phi) is 3.12. The molecule has 0 spiro atoms. The van der Waals surface area contributed by atoms with Crippen LogP contribution in [0.3, 0.4) is 0 Å². The van der Waals surface area contributed by atoms with Crippen LogP contribution in [0.2, 0.25) is 5.15 Å². The van der Waals surface area contributed by atoms with Crippen molar-refractivity contribution in [3.8, 4) is 16.5 Å². The molecule has 0 aliphatic rings. The maximum Gasteiger partial charge on any atom is 0.171 e. The second-order valence-electron chi connectivity index (χ2n) is 4.16. The van der Waals surface area contributed by atoms with E-state index in [9.17, 15) is 5.11 Å². The quantitative estimate of drug-likeness (QED) is 0.717. The van der Waals surface area contributed by atoms with E-state index in [1.54, 1.807) is 29.5 Å². The van der Waals surface area contributed by atoms with Gasteiger partial charge in [0.2, 0.25) is 0 Å². The van der Waals surface area contributed by atoms with Crippen molar-refractivity contribution in [3.63, 3.8) is 0 Å². The van der Waals surface area contributed by atoms with Gasteiger partial charge in [0.25, 0.3) is 0 Å². The summed E-state index contributed by atoms with van der Waals surface area (Å²) in [7, 11) is 0. The molecule has 0 saturated heterocycles.